The summed E-state index contributed by atoms with van der Waals surface area (Å²) in [7, 11) is 0. The van der Waals surface area contributed by atoms with Crippen LogP contribution in [-0.2, 0) is 0 Å². The van der Waals surface area contributed by atoms with Gasteiger partial charge in [-0.25, -0.2) is 9.59 Å². The van der Waals surface area contributed by atoms with E-state index in [1.54, 1.807) is 0 Å². The fourth-order valence-electron chi connectivity index (χ4n) is 3.41. The predicted molar refractivity (Wildman–Crippen MR) is 107 cm³/mol. The molecule has 0 bridgehead atoms. The molecule has 0 aromatic carbocycles. The highest BCUT2D eigenvalue weighted by Gasteiger charge is 2.68. The summed E-state index contributed by atoms with van der Waals surface area (Å²) < 4.78 is 0.887. The molecule has 0 aliphatic carbocycles. The zero-order valence-corrected chi connectivity index (χ0v) is 18.6. The summed E-state index contributed by atoms with van der Waals surface area (Å²) in [6, 6.07) is 0.182. The first-order valence-corrected chi connectivity index (χ1v) is 11.2. The third kappa shape index (κ3) is 1.76. The van der Waals surface area contributed by atoms with Gasteiger partial charge in [-0.2, -0.15) is 0 Å². The van der Waals surface area contributed by atoms with Gasteiger partial charge in [-0.05, 0) is 0 Å². The first kappa shape index (κ1) is 15.0. The van der Waals surface area contributed by atoms with Crippen LogP contribution >= 0.6 is 90.4 Å². The van der Waals surface area contributed by atoms with Gasteiger partial charge in [-0.1, -0.05) is 90.4 Å². The van der Waals surface area contributed by atoms with E-state index in [4.69, 9.17) is 0 Å². The van der Waals surface area contributed by atoms with Crippen molar-refractivity contribution in [2.75, 3.05) is 13.1 Å². The zero-order valence-electron chi connectivity index (χ0n) is 10.00. The third-order valence-corrected chi connectivity index (χ3v) is 12.1. The van der Waals surface area contributed by atoms with Gasteiger partial charge in [0, 0.05) is 20.9 Å². The molecule has 0 N–H and O–H groups in total. The number of amides is 4. The summed E-state index contributed by atoms with van der Waals surface area (Å²) in [5.41, 5.74) is 0. The van der Waals surface area contributed by atoms with E-state index in [9.17, 15) is 9.59 Å². The second-order valence-electron chi connectivity index (χ2n) is 5.29. The minimum absolute atomic E-state index is 0.0618. The van der Waals surface area contributed by atoms with Gasteiger partial charge in [0.15, 0.2) is 6.17 Å². The smallest absolute Gasteiger partial charge is 0.299 e. The first-order valence-electron chi connectivity index (χ1n) is 6.17. The lowest BCUT2D eigenvalue weighted by Gasteiger charge is -2.25. The molecule has 0 spiro atoms. The van der Waals surface area contributed by atoms with Crippen LogP contribution in [0.1, 0.15) is 0 Å². The van der Waals surface area contributed by atoms with Crippen LogP contribution < -0.4 is 0 Å². The minimum Gasteiger partial charge on any atom is -0.299 e. The van der Waals surface area contributed by atoms with Gasteiger partial charge >= 0.3 is 12.1 Å². The maximum Gasteiger partial charge on any atom is 0.324 e. The molecule has 20 heavy (non-hydrogen) atoms. The number of urea groups is 2. The molecular weight excluding hydrogens is 716 g/mol. The molecule has 4 atom stereocenters. The van der Waals surface area contributed by atoms with E-state index in [0.717, 1.165) is 13.1 Å². The first-order chi connectivity index (χ1) is 9.43. The average Bonchev–Trinajstić information content (AvgIpc) is 2.88. The number of rotatable bonds is 0. The van der Waals surface area contributed by atoms with Crippen molar-refractivity contribution < 1.29 is 9.59 Å². The van der Waals surface area contributed by atoms with Crippen LogP contribution in [0.25, 0.3) is 0 Å². The van der Waals surface area contributed by atoms with Crippen LogP contribution in [0.3, 0.4) is 0 Å². The Balaban J connectivity index is 1.82. The Labute approximate surface area is 170 Å². The highest BCUT2D eigenvalue weighted by molar-refractivity contribution is 14.1. The molecule has 0 aromatic rings. The van der Waals surface area contributed by atoms with Crippen LogP contribution in [0, 0.1) is 0 Å². The Morgan fingerprint density at radius 1 is 0.750 bits per heavy atom. The molecular formula is C10H10I4N4O2. The van der Waals surface area contributed by atoms with Gasteiger partial charge in [0.25, 0.3) is 0 Å². The molecule has 4 unspecified atom stereocenters. The summed E-state index contributed by atoms with van der Waals surface area (Å²) >= 11 is 9.39. The maximum absolute atomic E-state index is 12.7. The Hall–Kier alpha value is 1.46. The van der Waals surface area contributed by atoms with E-state index in [1.807, 2.05) is 19.6 Å². The number of alkyl halides is 4. The van der Waals surface area contributed by atoms with Crippen molar-refractivity contribution in [3.63, 3.8) is 0 Å². The highest BCUT2D eigenvalue weighted by atomic mass is 127. The number of hydrogen-bond donors (Lipinski definition) is 0. The Kier molecular flexibility index (Phi) is 3.74. The Morgan fingerprint density at radius 3 is 1.55 bits per heavy atom. The number of carbonyl (C=O) groups excluding carboxylic acids is 2. The van der Waals surface area contributed by atoms with Gasteiger partial charge < -0.3 is 0 Å². The molecule has 4 saturated heterocycles. The van der Waals surface area contributed by atoms with Crippen LogP contribution in [0.5, 0.6) is 0 Å². The summed E-state index contributed by atoms with van der Waals surface area (Å²) in [4.78, 5) is 33.1. The fourth-order valence-corrected chi connectivity index (χ4v) is 6.54. The van der Waals surface area contributed by atoms with Crippen molar-refractivity contribution in [1.29, 1.82) is 0 Å². The van der Waals surface area contributed by atoms with Gasteiger partial charge in [0.1, 0.15) is 14.3 Å². The summed E-state index contributed by atoms with van der Waals surface area (Å²) in [5.74, 6) is 0. The molecule has 0 radical (unpaired) electrons. The molecule has 4 amide bonds. The van der Waals surface area contributed by atoms with Crippen LogP contribution in [0.4, 0.5) is 9.59 Å². The zero-order chi connectivity index (χ0) is 14.3. The van der Waals surface area contributed by atoms with E-state index in [-0.39, 0.29) is 32.5 Å². The summed E-state index contributed by atoms with van der Waals surface area (Å²) in [5, 5.41) is 0. The SMILES string of the molecule is O=C1N2CC(I)C(I)CN3C(=O)N4C(I)C(I)N1C4C23. The van der Waals surface area contributed by atoms with E-state index in [0.29, 0.717) is 7.85 Å². The molecule has 0 aromatic heterocycles. The molecule has 110 valence electrons. The summed E-state index contributed by atoms with van der Waals surface area (Å²) in [6.07, 6.45) is -0.187. The maximum atomic E-state index is 12.7. The third-order valence-electron chi connectivity index (χ3n) is 4.30. The van der Waals surface area contributed by atoms with Crippen molar-refractivity contribution in [2.45, 2.75) is 28.3 Å². The largest absolute Gasteiger partial charge is 0.324 e. The van der Waals surface area contributed by atoms with Crippen LogP contribution in [0.15, 0.2) is 0 Å². The van der Waals surface area contributed by atoms with Crippen molar-refractivity contribution in [2.24, 2.45) is 0 Å². The van der Waals surface area contributed by atoms with E-state index < -0.39 is 0 Å². The second kappa shape index (κ2) is 4.98. The lowest BCUT2D eigenvalue weighted by molar-refractivity contribution is 0.146. The quantitative estimate of drug-likeness (QED) is 0.219. The van der Waals surface area contributed by atoms with Gasteiger partial charge in [0.2, 0.25) is 0 Å². The molecule has 0 saturated carbocycles. The number of nitrogens with zero attached hydrogens (tertiary/aromatic N) is 4. The van der Waals surface area contributed by atoms with Crippen LogP contribution in [0.2, 0.25) is 0 Å². The van der Waals surface area contributed by atoms with Crippen molar-refractivity contribution >= 4 is 102 Å². The van der Waals surface area contributed by atoms with Crippen molar-refractivity contribution in [3.8, 4) is 0 Å². The van der Waals surface area contributed by atoms with E-state index >= 15 is 0 Å². The molecule has 6 nitrogen and oxygen atoms in total. The molecule has 4 aliphatic heterocycles. The van der Waals surface area contributed by atoms with Crippen molar-refractivity contribution in [3.05, 3.63) is 0 Å². The monoisotopic (exact) mass is 726 g/mol. The lowest BCUT2D eigenvalue weighted by Crippen LogP contribution is -2.45. The lowest BCUT2D eigenvalue weighted by atomic mass is 10.3. The fraction of sp³-hybridized carbons (Fsp3) is 0.800. The van der Waals surface area contributed by atoms with Gasteiger partial charge in [0.05, 0.1) is 0 Å². The number of halogens is 4. The topological polar surface area (TPSA) is 47.1 Å². The van der Waals surface area contributed by atoms with Gasteiger partial charge in [-0.3, -0.25) is 19.6 Å². The van der Waals surface area contributed by atoms with E-state index in [1.165, 1.54) is 0 Å². The highest BCUT2D eigenvalue weighted by Crippen LogP contribution is 2.48. The van der Waals surface area contributed by atoms with Crippen molar-refractivity contribution in [1.82, 2.24) is 19.6 Å². The Morgan fingerprint density at radius 2 is 1.15 bits per heavy atom. The minimum atomic E-state index is -0.0935. The number of hydrogen-bond acceptors (Lipinski definition) is 2. The molecule has 4 heterocycles. The summed E-state index contributed by atoms with van der Waals surface area (Å²) in [6.45, 7) is 1.47. The average molecular weight is 726 g/mol. The predicted octanol–water partition coefficient (Wildman–Crippen LogP) is 2.27. The molecule has 4 aliphatic rings. The number of carbonyl (C=O) groups is 2. The molecule has 4 rings (SSSR count). The van der Waals surface area contributed by atoms with Gasteiger partial charge in [-0.15, -0.1) is 0 Å². The molecule has 4 fully saturated rings. The normalized spacial score (nSPS) is 46.4. The standard InChI is InChI=1S/C10H10I4N4O2/c11-3-1-15-7-8-17(9(15)19)5(13)6(14)18(8)10(20)16(7)2-4(3)12/h3-8H,1-2H2. The van der Waals surface area contributed by atoms with Crippen LogP contribution in [-0.4, -0.2) is 73.0 Å². The second-order valence-corrected chi connectivity index (χ2v) is 11.0. The van der Waals surface area contributed by atoms with E-state index in [2.05, 4.69) is 90.4 Å². The Bertz CT molecular complexity index is 466. The molecule has 10 heteroatoms.